The molecule has 21 heavy (non-hydrogen) atoms. The van der Waals surface area contributed by atoms with E-state index >= 15 is 0 Å². The van der Waals surface area contributed by atoms with E-state index in [-0.39, 0.29) is 13.0 Å². The fourth-order valence-corrected chi connectivity index (χ4v) is 2.85. The standard InChI is InChI=1S/C11H11N3O6S/c1-13(6-2-5-12)21(19,20)10-4-3-8(14(17)18)7-9(10)11(15)16/h3-4,7H,2,6H2,1H3,(H,15,16). The van der Waals surface area contributed by atoms with Gasteiger partial charge in [-0.05, 0) is 6.07 Å². The highest BCUT2D eigenvalue weighted by Crippen LogP contribution is 2.24. The van der Waals surface area contributed by atoms with Gasteiger partial charge in [0, 0.05) is 32.1 Å². The minimum Gasteiger partial charge on any atom is -0.478 e. The molecule has 1 aromatic carbocycles. The van der Waals surface area contributed by atoms with Crippen molar-refractivity contribution >= 4 is 21.7 Å². The van der Waals surface area contributed by atoms with E-state index < -0.39 is 37.1 Å². The van der Waals surface area contributed by atoms with Crippen LogP contribution >= 0.6 is 0 Å². The van der Waals surface area contributed by atoms with E-state index in [0.29, 0.717) is 6.07 Å². The van der Waals surface area contributed by atoms with Crippen molar-refractivity contribution < 1.29 is 23.2 Å². The summed E-state index contributed by atoms with van der Waals surface area (Å²) in [5, 5.41) is 28.1. The SMILES string of the molecule is CN(CCC#N)S(=O)(=O)c1ccc([N+](=O)[O-])cc1C(=O)O. The zero-order valence-electron chi connectivity index (χ0n) is 10.9. The minimum atomic E-state index is -4.15. The highest BCUT2D eigenvalue weighted by atomic mass is 32.2. The molecule has 0 saturated carbocycles. The van der Waals surface area contributed by atoms with Crippen LogP contribution in [0.3, 0.4) is 0 Å². The second-order valence-electron chi connectivity index (χ2n) is 3.98. The molecule has 0 unspecified atom stereocenters. The van der Waals surface area contributed by atoms with Crippen LogP contribution in [-0.4, -0.2) is 42.3 Å². The zero-order chi connectivity index (χ0) is 16.2. The number of carboxylic acids is 1. The van der Waals surface area contributed by atoms with Gasteiger partial charge in [0.15, 0.2) is 0 Å². The molecule has 112 valence electrons. The topological polar surface area (TPSA) is 142 Å². The minimum absolute atomic E-state index is 0.0644. The third-order valence-electron chi connectivity index (χ3n) is 2.63. The molecule has 0 aliphatic heterocycles. The third kappa shape index (κ3) is 3.53. The summed E-state index contributed by atoms with van der Waals surface area (Å²) >= 11 is 0. The van der Waals surface area contributed by atoms with E-state index in [4.69, 9.17) is 10.4 Å². The van der Waals surface area contributed by atoms with Gasteiger partial charge in [0.25, 0.3) is 5.69 Å². The number of hydrogen-bond donors (Lipinski definition) is 1. The molecule has 0 amide bonds. The van der Waals surface area contributed by atoms with Crippen LogP contribution in [0.25, 0.3) is 0 Å². The van der Waals surface area contributed by atoms with Crippen LogP contribution in [0.5, 0.6) is 0 Å². The van der Waals surface area contributed by atoms with Crippen molar-refractivity contribution in [2.24, 2.45) is 0 Å². The number of hydrogen-bond acceptors (Lipinski definition) is 6. The molecule has 0 fully saturated rings. The summed E-state index contributed by atoms with van der Waals surface area (Å²) in [6.07, 6.45) is -0.0644. The van der Waals surface area contributed by atoms with Gasteiger partial charge in [-0.25, -0.2) is 13.2 Å². The largest absolute Gasteiger partial charge is 0.478 e. The van der Waals surface area contributed by atoms with Gasteiger partial charge in [-0.15, -0.1) is 0 Å². The first-order valence-corrected chi connectivity index (χ1v) is 7.01. The van der Waals surface area contributed by atoms with Crippen molar-refractivity contribution in [3.05, 3.63) is 33.9 Å². The summed E-state index contributed by atoms with van der Waals surface area (Å²) in [5.41, 5.74) is -1.21. The molecule has 0 heterocycles. The Labute approximate surface area is 120 Å². The Bertz CT molecular complexity index is 722. The Kier molecular flexibility index (Phi) is 4.96. The Morgan fingerprint density at radius 1 is 1.52 bits per heavy atom. The average Bonchev–Trinajstić information content (AvgIpc) is 2.43. The Balaban J connectivity index is 3.39. The normalized spacial score (nSPS) is 11.1. The van der Waals surface area contributed by atoms with Crippen molar-refractivity contribution in [1.82, 2.24) is 4.31 Å². The van der Waals surface area contributed by atoms with Gasteiger partial charge in [-0.2, -0.15) is 9.57 Å². The summed E-state index contributed by atoms with van der Waals surface area (Å²) in [6.45, 7) is -0.116. The lowest BCUT2D eigenvalue weighted by Crippen LogP contribution is -2.29. The number of nitrogens with zero attached hydrogens (tertiary/aromatic N) is 3. The number of aromatic carboxylic acids is 1. The van der Waals surface area contributed by atoms with E-state index in [2.05, 4.69) is 0 Å². The molecular weight excluding hydrogens is 302 g/mol. The highest BCUT2D eigenvalue weighted by molar-refractivity contribution is 7.89. The second kappa shape index (κ2) is 6.29. The van der Waals surface area contributed by atoms with Crippen molar-refractivity contribution in [3.8, 4) is 6.07 Å². The number of carbonyl (C=O) groups is 1. The lowest BCUT2D eigenvalue weighted by Gasteiger charge is -2.16. The van der Waals surface area contributed by atoms with E-state index in [1.54, 1.807) is 6.07 Å². The molecule has 9 nitrogen and oxygen atoms in total. The maximum Gasteiger partial charge on any atom is 0.337 e. The molecule has 0 aliphatic carbocycles. The van der Waals surface area contributed by atoms with Gasteiger partial charge in [0.2, 0.25) is 10.0 Å². The van der Waals surface area contributed by atoms with E-state index in [0.717, 1.165) is 16.4 Å². The first-order chi connectivity index (χ1) is 9.71. The predicted octanol–water partition coefficient (Wildman–Crippen LogP) is 0.827. The van der Waals surface area contributed by atoms with Crippen LogP contribution in [0.1, 0.15) is 16.8 Å². The summed E-state index contributed by atoms with van der Waals surface area (Å²) < 4.78 is 25.3. The van der Waals surface area contributed by atoms with Crippen LogP contribution in [0, 0.1) is 21.4 Å². The summed E-state index contributed by atoms with van der Waals surface area (Å²) in [4.78, 5) is 20.4. The number of nitro groups is 1. The van der Waals surface area contributed by atoms with Gasteiger partial charge in [-0.3, -0.25) is 10.1 Å². The lowest BCUT2D eigenvalue weighted by atomic mass is 10.2. The van der Waals surface area contributed by atoms with Crippen molar-refractivity contribution in [2.75, 3.05) is 13.6 Å². The number of sulfonamides is 1. The van der Waals surface area contributed by atoms with Gasteiger partial charge < -0.3 is 5.11 Å². The molecule has 10 heteroatoms. The van der Waals surface area contributed by atoms with Crippen molar-refractivity contribution in [3.63, 3.8) is 0 Å². The monoisotopic (exact) mass is 313 g/mol. The van der Waals surface area contributed by atoms with Crippen LogP contribution in [0.4, 0.5) is 5.69 Å². The first kappa shape index (κ1) is 16.5. The third-order valence-corrected chi connectivity index (χ3v) is 4.55. The molecule has 0 aliphatic rings. The van der Waals surface area contributed by atoms with E-state index in [1.165, 1.54) is 7.05 Å². The number of non-ortho nitro benzene ring substituents is 1. The number of rotatable bonds is 6. The quantitative estimate of drug-likeness (QED) is 0.605. The van der Waals surface area contributed by atoms with Crippen LogP contribution < -0.4 is 0 Å². The fourth-order valence-electron chi connectivity index (χ4n) is 1.52. The maximum atomic E-state index is 12.2. The molecular formula is C11H11N3O6S. The second-order valence-corrected chi connectivity index (χ2v) is 5.99. The number of carboxylic acid groups (broad SMARTS) is 1. The zero-order valence-corrected chi connectivity index (χ0v) is 11.7. The van der Waals surface area contributed by atoms with Gasteiger partial charge in [0.05, 0.1) is 21.5 Å². The van der Waals surface area contributed by atoms with E-state index in [9.17, 15) is 23.3 Å². The fraction of sp³-hybridized carbons (Fsp3) is 0.273. The van der Waals surface area contributed by atoms with Crippen LogP contribution in [-0.2, 0) is 10.0 Å². The van der Waals surface area contributed by atoms with Gasteiger partial charge in [-0.1, -0.05) is 0 Å². The maximum absolute atomic E-state index is 12.2. The predicted molar refractivity (Wildman–Crippen MR) is 70.1 cm³/mol. The van der Waals surface area contributed by atoms with Crippen molar-refractivity contribution in [2.45, 2.75) is 11.3 Å². The Morgan fingerprint density at radius 2 is 2.14 bits per heavy atom. The van der Waals surface area contributed by atoms with E-state index in [1.807, 2.05) is 0 Å². The molecule has 1 rings (SSSR count). The number of benzene rings is 1. The summed E-state index contributed by atoms with van der Waals surface area (Å²) in [5.74, 6) is -1.59. The highest BCUT2D eigenvalue weighted by Gasteiger charge is 2.28. The molecule has 1 aromatic rings. The molecule has 0 bridgehead atoms. The smallest absolute Gasteiger partial charge is 0.337 e. The van der Waals surface area contributed by atoms with Crippen LogP contribution in [0.2, 0.25) is 0 Å². The Morgan fingerprint density at radius 3 is 2.62 bits per heavy atom. The summed E-state index contributed by atoms with van der Waals surface area (Å²) in [7, 11) is -2.96. The summed E-state index contributed by atoms with van der Waals surface area (Å²) in [6, 6.07) is 4.25. The van der Waals surface area contributed by atoms with Crippen molar-refractivity contribution in [1.29, 1.82) is 5.26 Å². The average molecular weight is 313 g/mol. The number of nitriles is 1. The van der Waals surface area contributed by atoms with Gasteiger partial charge >= 0.3 is 5.97 Å². The first-order valence-electron chi connectivity index (χ1n) is 5.57. The molecule has 0 atom stereocenters. The lowest BCUT2D eigenvalue weighted by molar-refractivity contribution is -0.384. The van der Waals surface area contributed by atoms with Crippen LogP contribution in [0.15, 0.2) is 23.1 Å². The molecule has 0 radical (unpaired) electrons. The number of nitro benzene ring substituents is 1. The molecule has 1 N–H and O–H groups in total. The molecule has 0 spiro atoms. The molecule has 0 saturated heterocycles. The van der Waals surface area contributed by atoms with Gasteiger partial charge in [0.1, 0.15) is 0 Å². The molecule has 0 aromatic heterocycles. The Hall–Kier alpha value is -2.51.